The number of furan rings is 1. The van der Waals surface area contributed by atoms with Gasteiger partial charge in [-0.3, -0.25) is 9.52 Å². The number of piperidine rings is 1. The predicted molar refractivity (Wildman–Crippen MR) is 122 cm³/mol. The Labute approximate surface area is 183 Å². The third kappa shape index (κ3) is 3.82. The van der Waals surface area contributed by atoms with Crippen molar-refractivity contribution in [2.75, 3.05) is 17.8 Å². The zero-order chi connectivity index (χ0) is 22.3. The van der Waals surface area contributed by atoms with E-state index in [9.17, 15) is 13.2 Å². The normalized spacial score (nSPS) is 14.8. The van der Waals surface area contributed by atoms with Crippen molar-refractivity contribution in [3.8, 4) is 0 Å². The number of rotatable bonds is 4. The summed E-state index contributed by atoms with van der Waals surface area (Å²) in [7, 11) is -3.94. The third-order valence-electron chi connectivity index (χ3n) is 6.19. The minimum Gasteiger partial charge on any atom is -0.449 e. The molecule has 6 nitrogen and oxygen atoms in total. The first-order valence-electron chi connectivity index (χ1n) is 10.6. The van der Waals surface area contributed by atoms with Gasteiger partial charge in [-0.2, -0.15) is 0 Å². The first-order chi connectivity index (χ1) is 14.7. The lowest BCUT2D eigenvalue weighted by Gasteiger charge is -2.25. The average Bonchev–Trinajstić information content (AvgIpc) is 3.06. The number of hydrogen-bond acceptors (Lipinski definition) is 4. The van der Waals surface area contributed by atoms with Crippen LogP contribution in [0.5, 0.6) is 0 Å². The maximum absolute atomic E-state index is 13.5. The van der Waals surface area contributed by atoms with Gasteiger partial charge in [0.15, 0.2) is 11.3 Å². The molecule has 1 N–H and O–H groups in total. The molecule has 2 heterocycles. The van der Waals surface area contributed by atoms with Gasteiger partial charge in [0, 0.05) is 24.0 Å². The minimum atomic E-state index is -3.94. The van der Waals surface area contributed by atoms with Gasteiger partial charge in [0.2, 0.25) is 0 Å². The minimum absolute atomic E-state index is 0.0894. The van der Waals surface area contributed by atoms with Crippen LogP contribution in [-0.2, 0) is 10.0 Å². The van der Waals surface area contributed by atoms with Crippen LogP contribution in [0.4, 0.5) is 5.69 Å². The van der Waals surface area contributed by atoms with Crippen LogP contribution < -0.4 is 4.72 Å². The number of likely N-dealkylation sites (tertiary alicyclic amines) is 1. The summed E-state index contributed by atoms with van der Waals surface area (Å²) in [5.41, 5.74) is 3.70. The van der Waals surface area contributed by atoms with Crippen molar-refractivity contribution in [1.29, 1.82) is 0 Å². The van der Waals surface area contributed by atoms with E-state index in [4.69, 9.17) is 4.42 Å². The van der Waals surface area contributed by atoms with Crippen LogP contribution in [0.3, 0.4) is 0 Å². The number of anilines is 1. The Hall–Kier alpha value is -2.80. The highest BCUT2D eigenvalue weighted by atomic mass is 32.2. The Morgan fingerprint density at radius 3 is 2.32 bits per heavy atom. The van der Waals surface area contributed by atoms with Crippen molar-refractivity contribution >= 4 is 32.6 Å². The number of fused-ring (bicyclic) bond motifs is 1. The first kappa shape index (κ1) is 21.4. The lowest BCUT2D eigenvalue weighted by molar-refractivity contribution is 0.0693. The molecule has 1 amide bonds. The molecule has 0 atom stereocenters. The van der Waals surface area contributed by atoms with Gasteiger partial charge in [0.05, 0.1) is 5.69 Å². The van der Waals surface area contributed by atoms with Gasteiger partial charge in [-0.25, -0.2) is 8.42 Å². The van der Waals surface area contributed by atoms with Gasteiger partial charge in [0.25, 0.3) is 15.9 Å². The maximum atomic E-state index is 13.5. The number of hydrogen-bond donors (Lipinski definition) is 1. The predicted octanol–water partition coefficient (Wildman–Crippen LogP) is 5.09. The molecule has 0 spiro atoms. The number of carbonyl (C=O) groups excluding carboxylic acids is 1. The molecule has 0 unspecified atom stereocenters. The Morgan fingerprint density at radius 2 is 1.65 bits per heavy atom. The van der Waals surface area contributed by atoms with Crippen molar-refractivity contribution in [1.82, 2.24) is 4.90 Å². The molecule has 1 saturated heterocycles. The number of para-hydroxylation sites is 1. The summed E-state index contributed by atoms with van der Waals surface area (Å²) in [5.74, 6) is 0.0631. The van der Waals surface area contributed by atoms with Gasteiger partial charge in [-0.05, 0) is 75.8 Å². The van der Waals surface area contributed by atoms with Crippen molar-refractivity contribution in [3.05, 3.63) is 58.3 Å². The lowest BCUT2D eigenvalue weighted by Crippen LogP contribution is -2.35. The Bertz CT molecular complexity index is 1270. The van der Waals surface area contributed by atoms with Crippen LogP contribution in [0, 0.1) is 27.7 Å². The fourth-order valence-corrected chi connectivity index (χ4v) is 5.77. The number of nitrogens with zero attached hydrogens (tertiary/aromatic N) is 1. The highest BCUT2D eigenvalue weighted by Gasteiger charge is 2.30. The molecule has 1 aliphatic rings. The van der Waals surface area contributed by atoms with Crippen LogP contribution in [0.15, 0.2) is 39.6 Å². The van der Waals surface area contributed by atoms with E-state index < -0.39 is 10.0 Å². The number of nitrogens with one attached hydrogen (secondary N) is 1. The van der Waals surface area contributed by atoms with E-state index in [1.165, 1.54) is 0 Å². The molecule has 1 aromatic heterocycles. The summed E-state index contributed by atoms with van der Waals surface area (Å²) < 4.78 is 35.7. The standard InChI is InChI=1S/C24H28N2O4S/c1-15-10-6-7-11-20(15)25-31(28,29)23-17(3)16(2)14-19-18(4)21(30-22(19)23)24(27)26-12-8-5-9-13-26/h6-7,10-11,14,25H,5,8-9,12-13H2,1-4H3. The Balaban J connectivity index is 1.86. The summed E-state index contributed by atoms with van der Waals surface area (Å²) in [5, 5.41) is 0.661. The van der Waals surface area contributed by atoms with Gasteiger partial charge in [0.1, 0.15) is 4.90 Å². The summed E-state index contributed by atoms with van der Waals surface area (Å²) in [6, 6.07) is 9.13. The average molecular weight is 441 g/mol. The summed E-state index contributed by atoms with van der Waals surface area (Å²) in [6.45, 7) is 8.72. The molecule has 31 heavy (non-hydrogen) atoms. The van der Waals surface area contributed by atoms with E-state index in [1.54, 1.807) is 24.0 Å². The summed E-state index contributed by atoms with van der Waals surface area (Å²) >= 11 is 0. The van der Waals surface area contributed by atoms with E-state index in [1.807, 2.05) is 39.0 Å². The van der Waals surface area contributed by atoms with E-state index in [2.05, 4.69) is 4.72 Å². The van der Waals surface area contributed by atoms with Crippen molar-refractivity contribution in [3.63, 3.8) is 0 Å². The van der Waals surface area contributed by atoms with E-state index in [0.717, 1.165) is 30.4 Å². The molecular formula is C24H28N2O4S. The highest BCUT2D eigenvalue weighted by molar-refractivity contribution is 7.93. The fourth-order valence-electron chi connectivity index (χ4n) is 4.19. The number of sulfonamides is 1. The number of aryl methyl sites for hydroxylation is 3. The smallest absolute Gasteiger partial charge is 0.289 e. The summed E-state index contributed by atoms with van der Waals surface area (Å²) in [6.07, 6.45) is 3.07. The quantitative estimate of drug-likeness (QED) is 0.613. The zero-order valence-electron chi connectivity index (χ0n) is 18.4. The molecule has 0 saturated carbocycles. The molecule has 4 rings (SSSR count). The number of benzene rings is 2. The van der Waals surface area contributed by atoms with Crippen molar-refractivity contribution in [2.45, 2.75) is 51.9 Å². The second kappa shape index (κ2) is 8.04. The first-order valence-corrected chi connectivity index (χ1v) is 12.1. The Kier molecular flexibility index (Phi) is 5.56. The van der Waals surface area contributed by atoms with Crippen LogP contribution >= 0.6 is 0 Å². The van der Waals surface area contributed by atoms with Gasteiger partial charge < -0.3 is 9.32 Å². The van der Waals surface area contributed by atoms with Crippen LogP contribution in [-0.4, -0.2) is 32.3 Å². The van der Waals surface area contributed by atoms with Gasteiger partial charge in [-0.1, -0.05) is 18.2 Å². The topological polar surface area (TPSA) is 79.6 Å². The molecule has 2 aromatic carbocycles. The number of carbonyl (C=O) groups is 1. The molecule has 1 aliphatic heterocycles. The largest absolute Gasteiger partial charge is 0.449 e. The third-order valence-corrected chi connectivity index (χ3v) is 7.71. The molecule has 1 fully saturated rings. The zero-order valence-corrected chi connectivity index (χ0v) is 19.2. The molecule has 0 aliphatic carbocycles. The fraction of sp³-hybridized carbons (Fsp3) is 0.375. The summed E-state index contributed by atoms with van der Waals surface area (Å²) in [4.78, 5) is 15.0. The molecule has 7 heteroatoms. The second-order valence-electron chi connectivity index (χ2n) is 8.35. The SMILES string of the molecule is Cc1ccccc1NS(=O)(=O)c1c(C)c(C)cc2c(C)c(C(=O)N3CCCCC3)oc12. The molecule has 0 bridgehead atoms. The van der Waals surface area contributed by atoms with Gasteiger partial charge >= 0.3 is 0 Å². The lowest BCUT2D eigenvalue weighted by atomic mass is 10.0. The van der Waals surface area contributed by atoms with E-state index in [-0.39, 0.29) is 22.1 Å². The highest BCUT2D eigenvalue weighted by Crippen LogP contribution is 2.36. The Morgan fingerprint density at radius 1 is 0.968 bits per heavy atom. The second-order valence-corrected chi connectivity index (χ2v) is 9.97. The van der Waals surface area contributed by atoms with Crippen LogP contribution in [0.25, 0.3) is 11.0 Å². The van der Waals surface area contributed by atoms with E-state index >= 15 is 0 Å². The van der Waals surface area contributed by atoms with Gasteiger partial charge in [-0.15, -0.1) is 0 Å². The van der Waals surface area contributed by atoms with Crippen molar-refractivity contribution < 1.29 is 17.6 Å². The molecule has 3 aromatic rings. The molecular weight excluding hydrogens is 412 g/mol. The monoisotopic (exact) mass is 440 g/mol. The molecule has 164 valence electrons. The van der Waals surface area contributed by atoms with Crippen molar-refractivity contribution in [2.24, 2.45) is 0 Å². The number of amides is 1. The maximum Gasteiger partial charge on any atom is 0.289 e. The van der Waals surface area contributed by atoms with E-state index in [0.29, 0.717) is 35.3 Å². The molecule has 0 radical (unpaired) electrons. The van der Waals surface area contributed by atoms with Crippen LogP contribution in [0.1, 0.15) is 52.1 Å². The van der Waals surface area contributed by atoms with Crippen LogP contribution in [0.2, 0.25) is 0 Å².